The Hall–Kier alpha value is -1.45. The summed E-state index contributed by atoms with van der Waals surface area (Å²) < 4.78 is 0. The molecule has 4 nitrogen and oxygen atoms in total. The number of nitrogens with one attached hydrogen (secondary N) is 1. The molecule has 1 aliphatic heterocycles. The highest BCUT2D eigenvalue weighted by molar-refractivity contribution is 5.62. The van der Waals surface area contributed by atoms with Gasteiger partial charge in [0, 0.05) is 12.4 Å². The molecular weight excluding hydrogens is 128 g/mol. The van der Waals surface area contributed by atoms with Gasteiger partial charge in [-0.05, 0) is 0 Å². The summed E-state index contributed by atoms with van der Waals surface area (Å²) in [6.07, 6.45) is 4.94. The molecule has 1 aromatic heterocycles. The number of rotatable bonds is 0. The zero-order chi connectivity index (χ0) is 6.81. The van der Waals surface area contributed by atoms with Gasteiger partial charge in [-0.2, -0.15) is 0 Å². The molecule has 10 heavy (non-hydrogen) atoms. The molecule has 0 amide bonds. The molecule has 4 heteroatoms. The van der Waals surface area contributed by atoms with Crippen LogP contribution in [0.5, 0.6) is 0 Å². The van der Waals surface area contributed by atoms with E-state index in [1.807, 2.05) is 0 Å². The number of fused-ring (bicyclic) bond motifs is 1. The normalized spacial score (nSPS) is 14.0. The van der Waals surface area contributed by atoms with Crippen molar-refractivity contribution in [3.05, 3.63) is 18.1 Å². The Morgan fingerprint density at radius 3 is 3.10 bits per heavy atom. The second kappa shape index (κ2) is 2.06. The van der Waals surface area contributed by atoms with Gasteiger partial charge in [0.15, 0.2) is 5.82 Å². The van der Waals surface area contributed by atoms with Crippen LogP contribution in [0.4, 0.5) is 5.82 Å². The minimum atomic E-state index is 0.723. The molecule has 2 heterocycles. The van der Waals surface area contributed by atoms with Gasteiger partial charge in [-0.3, -0.25) is 4.98 Å². The lowest BCUT2D eigenvalue weighted by Crippen LogP contribution is -2.15. The van der Waals surface area contributed by atoms with Crippen LogP contribution in [0, 0.1) is 0 Å². The van der Waals surface area contributed by atoms with E-state index in [0.717, 1.165) is 18.1 Å². The van der Waals surface area contributed by atoms with Gasteiger partial charge in [0.1, 0.15) is 5.69 Å². The third-order valence-corrected chi connectivity index (χ3v) is 1.30. The molecular formula is C6H6N4. The molecule has 0 unspecified atom stereocenters. The Morgan fingerprint density at radius 2 is 2.20 bits per heavy atom. The van der Waals surface area contributed by atoms with Crippen LogP contribution in [0.3, 0.4) is 0 Å². The maximum atomic E-state index is 4.08. The maximum absolute atomic E-state index is 4.08. The standard InChI is InChI=1S/C6H6N4/c1-2-9-6-5(8-1)3-7-4-10-6/h1-2,4H,3H2,(H,7,9,10). The van der Waals surface area contributed by atoms with Crippen molar-refractivity contribution in [1.29, 1.82) is 0 Å². The van der Waals surface area contributed by atoms with E-state index < -0.39 is 0 Å². The zero-order valence-corrected chi connectivity index (χ0v) is 5.28. The van der Waals surface area contributed by atoms with E-state index in [4.69, 9.17) is 0 Å². The summed E-state index contributed by atoms with van der Waals surface area (Å²) in [6, 6.07) is 0. The number of nitrogens with zero attached hydrogens (tertiary/aromatic N) is 3. The Balaban J connectivity index is 2.54. The van der Waals surface area contributed by atoms with Crippen molar-refractivity contribution in [2.45, 2.75) is 6.54 Å². The average Bonchev–Trinajstić information content (AvgIpc) is 2.05. The summed E-state index contributed by atoms with van der Waals surface area (Å²) in [5.74, 6) is 0.723. The molecule has 0 saturated carbocycles. The first-order valence-corrected chi connectivity index (χ1v) is 3.02. The van der Waals surface area contributed by atoms with Crippen molar-refractivity contribution in [1.82, 2.24) is 15.3 Å². The number of aliphatic imine (C=N–C) groups is 1. The van der Waals surface area contributed by atoms with Crippen molar-refractivity contribution in [2.75, 3.05) is 0 Å². The smallest absolute Gasteiger partial charge is 0.177 e. The minimum Gasteiger partial charge on any atom is -0.370 e. The lowest BCUT2D eigenvalue weighted by atomic mass is 10.4. The summed E-state index contributed by atoms with van der Waals surface area (Å²) in [7, 11) is 0. The average molecular weight is 134 g/mol. The van der Waals surface area contributed by atoms with Crippen molar-refractivity contribution >= 4 is 12.2 Å². The SMILES string of the molecule is C1=Nc2nccnc2CN1. The fourth-order valence-electron chi connectivity index (χ4n) is 0.841. The van der Waals surface area contributed by atoms with Gasteiger partial charge < -0.3 is 5.32 Å². The van der Waals surface area contributed by atoms with E-state index in [0.29, 0.717) is 0 Å². The van der Waals surface area contributed by atoms with E-state index in [2.05, 4.69) is 20.3 Å². The molecule has 1 aliphatic rings. The lowest BCUT2D eigenvalue weighted by molar-refractivity contribution is 0.853. The van der Waals surface area contributed by atoms with Crippen LogP contribution in [0.2, 0.25) is 0 Å². The largest absolute Gasteiger partial charge is 0.370 e. The van der Waals surface area contributed by atoms with Gasteiger partial charge in [0.2, 0.25) is 0 Å². The predicted octanol–water partition coefficient (Wildman–Crippen LogP) is 0.240. The van der Waals surface area contributed by atoms with Crippen LogP contribution in [-0.4, -0.2) is 16.3 Å². The zero-order valence-electron chi connectivity index (χ0n) is 5.28. The molecule has 1 N–H and O–H groups in total. The molecule has 50 valence electrons. The van der Waals surface area contributed by atoms with Crippen molar-refractivity contribution < 1.29 is 0 Å². The van der Waals surface area contributed by atoms with Crippen LogP contribution in [0.25, 0.3) is 0 Å². The van der Waals surface area contributed by atoms with Gasteiger partial charge in [0.25, 0.3) is 0 Å². The van der Waals surface area contributed by atoms with Gasteiger partial charge >= 0.3 is 0 Å². The second-order valence-corrected chi connectivity index (χ2v) is 1.97. The molecule has 0 spiro atoms. The molecule has 0 aromatic carbocycles. The summed E-state index contributed by atoms with van der Waals surface area (Å²) >= 11 is 0. The lowest BCUT2D eigenvalue weighted by Gasteiger charge is -2.06. The van der Waals surface area contributed by atoms with E-state index >= 15 is 0 Å². The summed E-state index contributed by atoms with van der Waals surface area (Å²) in [6.45, 7) is 0.729. The molecule has 0 aliphatic carbocycles. The third-order valence-electron chi connectivity index (χ3n) is 1.30. The quantitative estimate of drug-likeness (QED) is 0.553. The maximum Gasteiger partial charge on any atom is 0.177 e. The first-order valence-electron chi connectivity index (χ1n) is 3.02. The molecule has 1 aromatic rings. The van der Waals surface area contributed by atoms with Crippen LogP contribution < -0.4 is 5.32 Å². The number of aromatic nitrogens is 2. The van der Waals surface area contributed by atoms with Gasteiger partial charge in [-0.1, -0.05) is 0 Å². The van der Waals surface area contributed by atoms with E-state index in [9.17, 15) is 0 Å². The van der Waals surface area contributed by atoms with E-state index in [-0.39, 0.29) is 0 Å². The van der Waals surface area contributed by atoms with Crippen LogP contribution >= 0.6 is 0 Å². The Bertz CT molecular complexity index is 268. The first kappa shape index (κ1) is 5.34. The molecule has 2 rings (SSSR count). The topological polar surface area (TPSA) is 50.2 Å². The first-order chi connectivity index (χ1) is 4.97. The number of hydrogen-bond donors (Lipinski definition) is 1. The Kier molecular flexibility index (Phi) is 1.10. The van der Waals surface area contributed by atoms with E-state index in [1.165, 1.54) is 0 Å². The summed E-state index contributed by atoms with van der Waals surface area (Å²) in [5.41, 5.74) is 0.907. The van der Waals surface area contributed by atoms with Crippen molar-refractivity contribution in [3.63, 3.8) is 0 Å². The van der Waals surface area contributed by atoms with Gasteiger partial charge in [-0.25, -0.2) is 9.98 Å². The second-order valence-electron chi connectivity index (χ2n) is 1.97. The van der Waals surface area contributed by atoms with Gasteiger partial charge in [0.05, 0.1) is 12.9 Å². The molecule has 0 fully saturated rings. The van der Waals surface area contributed by atoms with Crippen LogP contribution in [0.1, 0.15) is 5.69 Å². The fourth-order valence-corrected chi connectivity index (χ4v) is 0.841. The third kappa shape index (κ3) is 0.737. The molecule has 0 bridgehead atoms. The highest BCUT2D eigenvalue weighted by Crippen LogP contribution is 2.12. The minimum absolute atomic E-state index is 0.723. The Labute approximate surface area is 58.0 Å². The van der Waals surface area contributed by atoms with Gasteiger partial charge in [-0.15, -0.1) is 0 Å². The van der Waals surface area contributed by atoms with E-state index in [1.54, 1.807) is 18.7 Å². The Morgan fingerprint density at radius 1 is 1.30 bits per heavy atom. The monoisotopic (exact) mass is 134 g/mol. The van der Waals surface area contributed by atoms with Crippen LogP contribution in [-0.2, 0) is 6.54 Å². The van der Waals surface area contributed by atoms with Crippen LogP contribution in [0.15, 0.2) is 17.4 Å². The summed E-state index contributed by atoms with van der Waals surface area (Å²) in [5, 5.41) is 2.95. The molecule has 0 radical (unpaired) electrons. The fraction of sp³-hybridized carbons (Fsp3) is 0.167. The van der Waals surface area contributed by atoms with Crippen molar-refractivity contribution in [3.8, 4) is 0 Å². The highest BCUT2D eigenvalue weighted by atomic mass is 15.1. The molecule has 0 saturated heterocycles. The summed E-state index contributed by atoms with van der Waals surface area (Å²) in [4.78, 5) is 12.1. The predicted molar refractivity (Wildman–Crippen MR) is 37.0 cm³/mol. The number of hydrogen-bond acceptors (Lipinski definition) is 4. The highest BCUT2D eigenvalue weighted by Gasteiger charge is 2.04. The molecule has 0 atom stereocenters. The van der Waals surface area contributed by atoms with Crippen molar-refractivity contribution in [2.24, 2.45) is 4.99 Å².